The van der Waals surface area contributed by atoms with E-state index >= 15 is 0 Å². The predicted molar refractivity (Wildman–Crippen MR) is 63.4 cm³/mol. The lowest BCUT2D eigenvalue weighted by Gasteiger charge is -2.16. The summed E-state index contributed by atoms with van der Waals surface area (Å²) in [5.41, 5.74) is 2.85. The molecule has 0 amide bonds. The van der Waals surface area contributed by atoms with Crippen LogP contribution < -0.4 is 0 Å². The van der Waals surface area contributed by atoms with Crippen molar-refractivity contribution in [1.29, 1.82) is 0 Å². The lowest BCUT2D eigenvalue weighted by Crippen LogP contribution is -2.15. The first-order chi connectivity index (χ1) is 7.86. The van der Waals surface area contributed by atoms with Crippen molar-refractivity contribution in [3.63, 3.8) is 0 Å². The number of carbonyl (C=O) groups excluding carboxylic acids is 1. The van der Waals surface area contributed by atoms with Crippen LogP contribution in [0.4, 0.5) is 0 Å². The summed E-state index contributed by atoms with van der Waals surface area (Å²) in [5.74, 6) is 0.192. The molecule has 16 heavy (non-hydrogen) atoms. The fourth-order valence-corrected chi connectivity index (χ4v) is 2.13. The van der Waals surface area contributed by atoms with Crippen LogP contribution in [-0.2, 0) is 4.79 Å². The molecule has 0 aliphatic carbocycles. The van der Waals surface area contributed by atoms with Gasteiger partial charge in [-0.15, -0.1) is 0 Å². The average molecular weight is 209 g/mol. The fourth-order valence-electron chi connectivity index (χ4n) is 2.13. The number of nitrogens with zero attached hydrogens (tertiary/aromatic N) is 1. The Morgan fingerprint density at radius 2 is 1.88 bits per heavy atom. The number of carbonyl (C=O) groups is 1. The molecule has 1 aromatic rings. The highest BCUT2D eigenvalue weighted by Gasteiger charge is 2.28. The van der Waals surface area contributed by atoms with Crippen molar-refractivity contribution in [3.05, 3.63) is 66.0 Å². The summed E-state index contributed by atoms with van der Waals surface area (Å²) in [6.45, 7) is 0.459. The van der Waals surface area contributed by atoms with Gasteiger partial charge < -0.3 is 4.90 Å². The molecule has 0 aromatic heterocycles. The maximum atomic E-state index is 12.0. The van der Waals surface area contributed by atoms with Gasteiger partial charge in [-0.2, -0.15) is 0 Å². The van der Waals surface area contributed by atoms with E-state index in [0.717, 1.165) is 16.8 Å². The molecule has 0 radical (unpaired) electrons. The first-order valence-electron chi connectivity index (χ1n) is 5.31. The third-order valence-corrected chi connectivity index (χ3v) is 2.85. The Balaban J connectivity index is 2.15. The standard InChI is InChI=1S/C14H11NO/c16-13-10-15-9-5-4-8-12(15)14(13)11-6-2-1-3-7-11/h1-9H,10H2. The minimum Gasteiger partial charge on any atom is -0.340 e. The summed E-state index contributed by atoms with van der Waals surface area (Å²) in [6.07, 6.45) is 7.86. The maximum Gasteiger partial charge on any atom is 0.185 e. The quantitative estimate of drug-likeness (QED) is 0.707. The van der Waals surface area contributed by atoms with Crippen molar-refractivity contribution >= 4 is 11.4 Å². The molecule has 78 valence electrons. The summed E-state index contributed by atoms with van der Waals surface area (Å²) in [4.78, 5) is 14.0. The van der Waals surface area contributed by atoms with Gasteiger partial charge in [0, 0.05) is 6.20 Å². The van der Waals surface area contributed by atoms with Crippen LogP contribution in [-0.4, -0.2) is 17.2 Å². The second kappa shape index (κ2) is 3.49. The molecule has 2 heteroatoms. The number of hydrogen-bond donors (Lipinski definition) is 0. The number of rotatable bonds is 1. The fraction of sp³-hybridized carbons (Fsp3) is 0.0714. The van der Waals surface area contributed by atoms with Crippen LogP contribution >= 0.6 is 0 Å². The minimum absolute atomic E-state index is 0.192. The highest BCUT2D eigenvalue weighted by atomic mass is 16.1. The van der Waals surface area contributed by atoms with Crippen LogP contribution in [0, 0.1) is 0 Å². The SMILES string of the molecule is O=C1CN2C=CC=CC2=C1c1ccccc1. The molecule has 2 nitrogen and oxygen atoms in total. The molecule has 0 bridgehead atoms. The van der Waals surface area contributed by atoms with Crippen molar-refractivity contribution in [2.75, 3.05) is 6.54 Å². The van der Waals surface area contributed by atoms with E-state index in [0.29, 0.717) is 6.54 Å². The van der Waals surface area contributed by atoms with E-state index in [1.807, 2.05) is 59.7 Å². The largest absolute Gasteiger partial charge is 0.340 e. The summed E-state index contributed by atoms with van der Waals surface area (Å²) >= 11 is 0. The first-order valence-corrected chi connectivity index (χ1v) is 5.31. The van der Waals surface area contributed by atoms with Gasteiger partial charge >= 0.3 is 0 Å². The van der Waals surface area contributed by atoms with Crippen LogP contribution in [0.25, 0.3) is 5.57 Å². The van der Waals surface area contributed by atoms with Crippen LogP contribution in [0.1, 0.15) is 5.56 Å². The topological polar surface area (TPSA) is 20.3 Å². The molecular formula is C14H11NO. The Kier molecular flexibility index (Phi) is 2.00. The zero-order chi connectivity index (χ0) is 11.0. The van der Waals surface area contributed by atoms with Crippen LogP contribution in [0.5, 0.6) is 0 Å². The van der Waals surface area contributed by atoms with Gasteiger partial charge in [0.15, 0.2) is 5.78 Å². The molecule has 2 aliphatic rings. The van der Waals surface area contributed by atoms with Crippen molar-refractivity contribution < 1.29 is 4.79 Å². The van der Waals surface area contributed by atoms with Gasteiger partial charge in [0.1, 0.15) is 0 Å². The normalized spacial score (nSPS) is 18.2. The molecule has 0 fully saturated rings. The molecule has 0 saturated heterocycles. The Bertz CT molecular complexity index is 523. The molecule has 3 rings (SSSR count). The number of Topliss-reactive ketones (excluding diaryl/α,β-unsaturated/α-hetero) is 1. The van der Waals surface area contributed by atoms with Gasteiger partial charge in [0.2, 0.25) is 0 Å². The minimum atomic E-state index is 0.192. The van der Waals surface area contributed by atoms with E-state index in [1.165, 1.54) is 0 Å². The maximum absolute atomic E-state index is 12.0. The molecule has 2 heterocycles. The zero-order valence-corrected chi connectivity index (χ0v) is 8.76. The van der Waals surface area contributed by atoms with E-state index in [-0.39, 0.29) is 5.78 Å². The third kappa shape index (κ3) is 1.31. The average Bonchev–Trinajstić information content (AvgIpc) is 2.66. The Morgan fingerprint density at radius 1 is 1.06 bits per heavy atom. The second-order valence-electron chi connectivity index (χ2n) is 3.88. The van der Waals surface area contributed by atoms with Crippen molar-refractivity contribution in [2.45, 2.75) is 0 Å². The van der Waals surface area contributed by atoms with Crippen molar-refractivity contribution in [1.82, 2.24) is 4.90 Å². The number of hydrogen-bond acceptors (Lipinski definition) is 2. The number of allylic oxidation sites excluding steroid dienone is 3. The van der Waals surface area contributed by atoms with Crippen LogP contribution in [0.2, 0.25) is 0 Å². The Labute approximate surface area is 94.2 Å². The van der Waals surface area contributed by atoms with Crippen molar-refractivity contribution in [2.24, 2.45) is 0 Å². The molecule has 0 unspecified atom stereocenters. The van der Waals surface area contributed by atoms with E-state index in [2.05, 4.69) is 0 Å². The predicted octanol–water partition coefficient (Wildman–Crippen LogP) is 2.37. The van der Waals surface area contributed by atoms with E-state index in [4.69, 9.17) is 0 Å². The van der Waals surface area contributed by atoms with Gasteiger partial charge in [-0.25, -0.2) is 0 Å². The zero-order valence-electron chi connectivity index (χ0n) is 8.76. The number of ketones is 1. The van der Waals surface area contributed by atoms with Gasteiger partial charge in [-0.3, -0.25) is 4.79 Å². The van der Waals surface area contributed by atoms with Crippen LogP contribution in [0.15, 0.2) is 60.5 Å². The molecule has 1 aromatic carbocycles. The molecule has 0 spiro atoms. The molecule has 0 N–H and O–H groups in total. The van der Waals surface area contributed by atoms with Gasteiger partial charge in [-0.05, 0) is 17.7 Å². The molecule has 0 atom stereocenters. The molecule has 2 aliphatic heterocycles. The first kappa shape index (κ1) is 9.16. The Morgan fingerprint density at radius 3 is 2.69 bits per heavy atom. The van der Waals surface area contributed by atoms with E-state index in [9.17, 15) is 4.79 Å². The highest BCUT2D eigenvalue weighted by molar-refractivity contribution is 6.25. The second-order valence-corrected chi connectivity index (χ2v) is 3.88. The highest BCUT2D eigenvalue weighted by Crippen LogP contribution is 2.31. The van der Waals surface area contributed by atoms with Crippen molar-refractivity contribution in [3.8, 4) is 0 Å². The van der Waals surface area contributed by atoms with E-state index < -0.39 is 0 Å². The third-order valence-electron chi connectivity index (χ3n) is 2.85. The van der Waals surface area contributed by atoms with Gasteiger partial charge in [0.25, 0.3) is 0 Å². The Hall–Kier alpha value is -2.09. The lowest BCUT2D eigenvalue weighted by molar-refractivity contribution is -0.113. The lowest BCUT2D eigenvalue weighted by atomic mass is 10.0. The van der Waals surface area contributed by atoms with Gasteiger partial charge in [-0.1, -0.05) is 36.4 Å². The number of fused-ring (bicyclic) bond motifs is 1. The smallest absolute Gasteiger partial charge is 0.185 e. The summed E-state index contributed by atoms with van der Waals surface area (Å²) in [6, 6.07) is 9.84. The summed E-state index contributed by atoms with van der Waals surface area (Å²) < 4.78 is 0. The summed E-state index contributed by atoms with van der Waals surface area (Å²) in [5, 5.41) is 0. The summed E-state index contributed by atoms with van der Waals surface area (Å²) in [7, 11) is 0. The monoisotopic (exact) mass is 209 g/mol. The van der Waals surface area contributed by atoms with Crippen LogP contribution in [0.3, 0.4) is 0 Å². The number of benzene rings is 1. The molecule has 0 saturated carbocycles. The van der Waals surface area contributed by atoms with E-state index in [1.54, 1.807) is 0 Å². The van der Waals surface area contributed by atoms with Gasteiger partial charge in [0.05, 0.1) is 17.8 Å². The molecular weight excluding hydrogens is 198 g/mol.